The molecule has 0 aliphatic carbocycles. The molecule has 0 aromatic heterocycles. The molecule has 0 heterocycles. The molecule has 3 aromatic rings. The molecule has 0 radical (unpaired) electrons. The second kappa shape index (κ2) is 9.90. The Morgan fingerprint density at radius 3 is 2.47 bits per heavy atom. The number of nitrogens with zero attached hydrogens (tertiary/aromatic N) is 1. The zero-order valence-electron chi connectivity index (χ0n) is 15.7. The molecule has 0 aliphatic rings. The van der Waals surface area contributed by atoms with E-state index in [0.717, 1.165) is 11.6 Å². The topological polar surface area (TPSA) is 90.8 Å². The van der Waals surface area contributed by atoms with Crippen molar-refractivity contribution < 1.29 is 19.2 Å². The molecule has 0 fully saturated rings. The van der Waals surface area contributed by atoms with Gasteiger partial charge in [0, 0.05) is 17.2 Å². The molecular formula is C23H18FN3O3. The average Bonchev–Trinajstić information content (AvgIpc) is 2.78. The Morgan fingerprint density at radius 1 is 0.933 bits per heavy atom. The summed E-state index contributed by atoms with van der Waals surface area (Å²) in [6.45, 7) is 0. The van der Waals surface area contributed by atoms with Crippen LogP contribution in [0.1, 0.15) is 21.5 Å². The summed E-state index contributed by atoms with van der Waals surface area (Å²) in [6, 6.07) is 20.4. The van der Waals surface area contributed by atoms with Crippen molar-refractivity contribution in [1.82, 2.24) is 10.9 Å². The fraction of sp³-hybridized carbons (Fsp3) is 0. The molecule has 0 spiro atoms. The highest BCUT2D eigenvalue weighted by Crippen LogP contribution is 2.22. The molecule has 3 N–H and O–H groups in total. The van der Waals surface area contributed by atoms with Gasteiger partial charge >= 0.3 is 0 Å². The lowest BCUT2D eigenvalue weighted by Crippen LogP contribution is -2.17. The largest absolute Gasteiger partial charge is 0.288 e. The minimum absolute atomic E-state index is 0.323. The van der Waals surface area contributed by atoms with Crippen LogP contribution in [0, 0.1) is 5.82 Å². The number of amides is 2. The maximum Gasteiger partial charge on any atom is 0.271 e. The maximum atomic E-state index is 14.4. The summed E-state index contributed by atoms with van der Waals surface area (Å²) in [5, 5.41) is 12.4. The van der Waals surface area contributed by atoms with Gasteiger partial charge in [0.05, 0.1) is 6.21 Å². The number of nitrogens with one attached hydrogen (secondary N) is 2. The molecule has 0 saturated carbocycles. The van der Waals surface area contributed by atoms with Crippen LogP contribution in [0.5, 0.6) is 0 Å². The van der Waals surface area contributed by atoms with Crippen LogP contribution in [0.15, 0.2) is 84.0 Å². The molecule has 3 rings (SSSR count). The van der Waals surface area contributed by atoms with E-state index in [4.69, 9.17) is 5.21 Å². The van der Waals surface area contributed by atoms with Crippen LogP contribution in [0.25, 0.3) is 17.2 Å². The average molecular weight is 403 g/mol. The molecule has 6 nitrogen and oxygen atoms in total. The summed E-state index contributed by atoms with van der Waals surface area (Å²) in [6.07, 6.45) is 3.93. The fourth-order valence-electron chi connectivity index (χ4n) is 2.69. The van der Waals surface area contributed by atoms with E-state index in [9.17, 15) is 14.0 Å². The maximum absolute atomic E-state index is 14.4. The molecule has 0 aliphatic heterocycles. The van der Waals surface area contributed by atoms with E-state index in [2.05, 4.69) is 10.5 Å². The minimum atomic E-state index is -0.681. The second-order valence-electron chi connectivity index (χ2n) is 6.24. The van der Waals surface area contributed by atoms with Crippen molar-refractivity contribution >= 4 is 24.1 Å². The first-order valence-corrected chi connectivity index (χ1v) is 8.97. The van der Waals surface area contributed by atoms with Crippen molar-refractivity contribution in [2.75, 3.05) is 0 Å². The summed E-state index contributed by atoms with van der Waals surface area (Å²) in [4.78, 5) is 23.3. The first-order chi connectivity index (χ1) is 14.6. The van der Waals surface area contributed by atoms with Gasteiger partial charge < -0.3 is 0 Å². The molecule has 3 aromatic carbocycles. The highest BCUT2D eigenvalue weighted by molar-refractivity contribution is 5.96. The Kier molecular flexibility index (Phi) is 6.81. The van der Waals surface area contributed by atoms with Crippen LogP contribution in [-0.4, -0.2) is 23.2 Å². The van der Waals surface area contributed by atoms with Crippen molar-refractivity contribution in [3.63, 3.8) is 0 Å². The summed E-state index contributed by atoms with van der Waals surface area (Å²) < 4.78 is 14.4. The number of carbonyl (C=O) groups is 2. The van der Waals surface area contributed by atoms with Gasteiger partial charge in [-0.25, -0.2) is 15.3 Å². The summed E-state index contributed by atoms with van der Waals surface area (Å²) in [5.41, 5.74) is 6.54. The first-order valence-electron chi connectivity index (χ1n) is 8.97. The number of benzene rings is 3. The SMILES string of the molecule is O=C(C=Cc1cccc(C(=O)NN=Cc2ccc(-c3ccccc3)c(F)c2)c1)NO. The zero-order chi connectivity index (χ0) is 21.3. The quantitative estimate of drug-likeness (QED) is 0.253. The van der Waals surface area contributed by atoms with Gasteiger partial charge in [-0.1, -0.05) is 54.6 Å². The lowest BCUT2D eigenvalue weighted by atomic mass is 10.0. The van der Waals surface area contributed by atoms with E-state index in [1.54, 1.807) is 36.4 Å². The molecule has 0 saturated heterocycles. The fourth-order valence-corrected chi connectivity index (χ4v) is 2.69. The summed E-state index contributed by atoms with van der Waals surface area (Å²) in [5.74, 6) is -1.53. The van der Waals surface area contributed by atoms with E-state index >= 15 is 0 Å². The van der Waals surface area contributed by atoms with Crippen LogP contribution in [-0.2, 0) is 4.79 Å². The molecule has 150 valence electrons. The predicted molar refractivity (Wildman–Crippen MR) is 112 cm³/mol. The highest BCUT2D eigenvalue weighted by atomic mass is 19.1. The first kappa shape index (κ1) is 20.6. The third-order valence-electron chi connectivity index (χ3n) is 4.14. The number of halogens is 1. The molecule has 2 amide bonds. The van der Waals surface area contributed by atoms with Gasteiger partial charge in [0.1, 0.15) is 5.82 Å². The van der Waals surface area contributed by atoms with Crippen LogP contribution < -0.4 is 10.9 Å². The van der Waals surface area contributed by atoms with Crippen LogP contribution in [0.3, 0.4) is 0 Å². The normalized spacial score (nSPS) is 11.0. The van der Waals surface area contributed by atoms with Crippen LogP contribution in [0.2, 0.25) is 0 Å². The third kappa shape index (κ3) is 5.46. The van der Waals surface area contributed by atoms with Crippen molar-refractivity contribution in [2.24, 2.45) is 5.10 Å². The number of hydrazone groups is 1. The van der Waals surface area contributed by atoms with Gasteiger partial charge in [-0.3, -0.25) is 14.8 Å². The Bertz CT molecular complexity index is 1110. The Labute approximate surface area is 172 Å². The van der Waals surface area contributed by atoms with E-state index in [1.165, 1.54) is 23.8 Å². The number of hydrogen-bond donors (Lipinski definition) is 3. The van der Waals surface area contributed by atoms with Gasteiger partial charge in [-0.2, -0.15) is 5.10 Å². The molecule has 0 unspecified atom stereocenters. The predicted octanol–water partition coefficient (Wildman–Crippen LogP) is 3.78. The standard InChI is InChI=1S/C23H18FN3O3/c24-21-14-17(9-11-20(21)18-6-2-1-3-7-18)15-25-26-23(29)19-8-4-5-16(13-19)10-12-22(28)27-30/h1-15,30H,(H,26,29)(H,27,28). The molecule has 30 heavy (non-hydrogen) atoms. The Balaban J connectivity index is 1.65. The van der Waals surface area contributed by atoms with E-state index < -0.39 is 11.8 Å². The molecular weight excluding hydrogens is 385 g/mol. The van der Waals surface area contributed by atoms with Gasteiger partial charge in [-0.15, -0.1) is 0 Å². The van der Waals surface area contributed by atoms with Gasteiger partial charge in [0.15, 0.2) is 0 Å². The van der Waals surface area contributed by atoms with Crippen molar-refractivity contribution in [2.45, 2.75) is 0 Å². The third-order valence-corrected chi connectivity index (χ3v) is 4.14. The summed E-state index contributed by atoms with van der Waals surface area (Å²) in [7, 11) is 0. The van der Waals surface area contributed by atoms with Crippen LogP contribution >= 0.6 is 0 Å². The number of hydrogen-bond acceptors (Lipinski definition) is 4. The lowest BCUT2D eigenvalue weighted by molar-refractivity contribution is -0.124. The monoisotopic (exact) mass is 403 g/mol. The van der Waals surface area contributed by atoms with Crippen molar-refractivity contribution in [1.29, 1.82) is 0 Å². The number of rotatable bonds is 6. The molecule has 0 bridgehead atoms. The lowest BCUT2D eigenvalue weighted by Gasteiger charge is -2.04. The van der Waals surface area contributed by atoms with E-state index in [-0.39, 0.29) is 5.82 Å². The van der Waals surface area contributed by atoms with E-state index in [1.807, 2.05) is 30.3 Å². The number of hydroxylamine groups is 1. The second-order valence-corrected chi connectivity index (χ2v) is 6.24. The highest BCUT2D eigenvalue weighted by Gasteiger charge is 2.06. The van der Waals surface area contributed by atoms with Crippen molar-refractivity contribution in [3.8, 4) is 11.1 Å². The van der Waals surface area contributed by atoms with Crippen molar-refractivity contribution in [3.05, 3.63) is 101 Å². The van der Waals surface area contributed by atoms with Gasteiger partial charge in [-0.05, 0) is 41.0 Å². The van der Waals surface area contributed by atoms with Crippen LogP contribution in [0.4, 0.5) is 4.39 Å². The molecule has 0 atom stereocenters. The zero-order valence-corrected chi connectivity index (χ0v) is 15.7. The van der Waals surface area contributed by atoms with E-state index in [0.29, 0.717) is 22.3 Å². The smallest absolute Gasteiger partial charge is 0.271 e. The Morgan fingerprint density at radius 2 is 1.73 bits per heavy atom. The van der Waals surface area contributed by atoms with Gasteiger partial charge in [0.2, 0.25) is 0 Å². The Hall–Kier alpha value is -4.10. The minimum Gasteiger partial charge on any atom is -0.288 e. The number of carbonyl (C=O) groups excluding carboxylic acids is 2. The van der Waals surface area contributed by atoms with Gasteiger partial charge in [0.25, 0.3) is 11.8 Å². The molecule has 7 heteroatoms. The summed E-state index contributed by atoms with van der Waals surface area (Å²) >= 11 is 0.